The van der Waals surface area contributed by atoms with Crippen molar-refractivity contribution >= 4 is 5.69 Å². The first-order chi connectivity index (χ1) is 9.51. The molecular formula is C14H9FN2O3. The van der Waals surface area contributed by atoms with E-state index in [1.807, 2.05) is 0 Å². The van der Waals surface area contributed by atoms with Crippen LogP contribution in [0.3, 0.4) is 0 Å². The quantitative estimate of drug-likeness (QED) is 0.630. The van der Waals surface area contributed by atoms with E-state index in [4.69, 9.17) is 10.00 Å². The van der Waals surface area contributed by atoms with Crippen molar-refractivity contribution in [2.45, 2.75) is 6.92 Å². The Balaban J connectivity index is 2.47. The van der Waals surface area contributed by atoms with Gasteiger partial charge in [-0.15, -0.1) is 0 Å². The van der Waals surface area contributed by atoms with E-state index < -0.39 is 10.7 Å². The van der Waals surface area contributed by atoms with E-state index in [9.17, 15) is 14.5 Å². The molecule has 100 valence electrons. The van der Waals surface area contributed by atoms with Gasteiger partial charge in [0.05, 0.1) is 10.5 Å². The molecule has 0 aromatic heterocycles. The molecule has 0 aliphatic rings. The van der Waals surface area contributed by atoms with Crippen LogP contribution in [0.15, 0.2) is 36.4 Å². The number of ether oxygens (including phenoxy) is 1. The van der Waals surface area contributed by atoms with E-state index in [0.29, 0.717) is 0 Å². The highest BCUT2D eigenvalue weighted by molar-refractivity contribution is 5.52. The van der Waals surface area contributed by atoms with Crippen LogP contribution < -0.4 is 4.74 Å². The summed E-state index contributed by atoms with van der Waals surface area (Å²) in [5.74, 6) is -0.492. The number of hydrogen-bond acceptors (Lipinski definition) is 4. The van der Waals surface area contributed by atoms with Gasteiger partial charge in [0, 0.05) is 6.07 Å². The van der Waals surface area contributed by atoms with Gasteiger partial charge in [0.1, 0.15) is 17.6 Å². The fourth-order valence-electron chi connectivity index (χ4n) is 1.65. The predicted octanol–water partition coefficient (Wildman–Crippen LogP) is 3.71. The average molecular weight is 272 g/mol. The van der Waals surface area contributed by atoms with Crippen molar-refractivity contribution in [3.8, 4) is 17.6 Å². The third-order valence-electron chi connectivity index (χ3n) is 2.59. The second kappa shape index (κ2) is 5.36. The molecule has 0 fully saturated rings. The highest BCUT2D eigenvalue weighted by atomic mass is 19.1. The number of rotatable bonds is 3. The summed E-state index contributed by atoms with van der Waals surface area (Å²) in [5.41, 5.74) is 0.524. The van der Waals surface area contributed by atoms with Gasteiger partial charge in [-0.05, 0) is 36.8 Å². The van der Waals surface area contributed by atoms with Gasteiger partial charge in [-0.2, -0.15) is 5.26 Å². The Morgan fingerprint density at radius 2 is 2.00 bits per heavy atom. The molecular weight excluding hydrogens is 263 g/mol. The number of benzene rings is 2. The van der Waals surface area contributed by atoms with Gasteiger partial charge in [0.25, 0.3) is 0 Å². The molecule has 0 saturated heterocycles. The summed E-state index contributed by atoms with van der Waals surface area (Å²) in [7, 11) is 0. The number of nitro benzene ring substituents is 1. The standard InChI is InChI=1S/C14H9FN2O3/c1-9-2-4-12(17(18)19)14(6-9)20-13-5-3-11(15)7-10(13)8-16/h2-7H,1H3. The monoisotopic (exact) mass is 272 g/mol. The van der Waals surface area contributed by atoms with Crippen molar-refractivity contribution < 1.29 is 14.1 Å². The molecule has 0 bridgehead atoms. The molecule has 0 N–H and O–H groups in total. The van der Waals surface area contributed by atoms with Crippen LogP contribution in [0.25, 0.3) is 0 Å². The van der Waals surface area contributed by atoms with E-state index in [-0.39, 0.29) is 22.7 Å². The maximum Gasteiger partial charge on any atom is 0.311 e. The molecule has 6 heteroatoms. The molecule has 0 heterocycles. The van der Waals surface area contributed by atoms with Gasteiger partial charge < -0.3 is 4.74 Å². The average Bonchev–Trinajstić information content (AvgIpc) is 2.40. The third-order valence-corrected chi connectivity index (χ3v) is 2.59. The van der Waals surface area contributed by atoms with Crippen molar-refractivity contribution in [2.75, 3.05) is 0 Å². The molecule has 2 aromatic rings. The molecule has 0 aliphatic carbocycles. The van der Waals surface area contributed by atoms with Crippen LogP contribution in [0, 0.1) is 34.2 Å². The number of nitrogens with zero attached hydrogens (tertiary/aromatic N) is 2. The molecule has 0 spiro atoms. The molecule has 0 atom stereocenters. The lowest BCUT2D eigenvalue weighted by Gasteiger charge is -2.08. The number of halogens is 1. The first-order valence-electron chi connectivity index (χ1n) is 5.64. The van der Waals surface area contributed by atoms with E-state index >= 15 is 0 Å². The van der Waals surface area contributed by atoms with Crippen LogP contribution in [0.2, 0.25) is 0 Å². The van der Waals surface area contributed by atoms with E-state index in [1.54, 1.807) is 19.1 Å². The summed E-state index contributed by atoms with van der Waals surface area (Å²) >= 11 is 0. The normalized spacial score (nSPS) is 9.85. The lowest BCUT2D eigenvalue weighted by Crippen LogP contribution is -1.95. The Bertz CT molecular complexity index is 723. The SMILES string of the molecule is Cc1ccc([N+](=O)[O-])c(Oc2ccc(F)cc2C#N)c1. The Hall–Kier alpha value is -2.94. The predicted molar refractivity (Wildman–Crippen MR) is 69.0 cm³/mol. The van der Waals surface area contributed by atoms with Crippen molar-refractivity contribution in [3.05, 3.63) is 63.5 Å². The van der Waals surface area contributed by atoms with Gasteiger partial charge in [-0.1, -0.05) is 6.07 Å². The summed E-state index contributed by atoms with van der Waals surface area (Å²) in [6, 6.07) is 9.58. The summed E-state index contributed by atoms with van der Waals surface area (Å²) < 4.78 is 18.4. The highest BCUT2D eigenvalue weighted by Crippen LogP contribution is 2.33. The summed E-state index contributed by atoms with van der Waals surface area (Å²) in [5, 5.41) is 19.9. The Morgan fingerprint density at radius 3 is 2.65 bits per heavy atom. The van der Waals surface area contributed by atoms with Crippen LogP contribution in [0.4, 0.5) is 10.1 Å². The van der Waals surface area contributed by atoms with E-state index in [1.165, 1.54) is 18.2 Å². The molecule has 0 radical (unpaired) electrons. The van der Waals surface area contributed by atoms with Crippen LogP contribution in [-0.2, 0) is 0 Å². The lowest BCUT2D eigenvalue weighted by molar-refractivity contribution is -0.385. The lowest BCUT2D eigenvalue weighted by atomic mass is 10.2. The van der Waals surface area contributed by atoms with Crippen LogP contribution in [0.5, 0.6) is 11.5 Å². The highest BCUT2D eigenvalue weighted by Gasteiger charge is 2.17. The molecule has 5 nitrogen and oxygen atoms in total. The van der Waals surface area contributed by atoms with E-state index in [2.05, 4.69) is 0 Å². The molecule has 0 amide bonds. The molecule has 0 aliphatic heterocycles. The maximum atomic E-state index is 13.0. The summed E-state index contributed by atoms with van der Waals surface area (Å²) in [6.07, 6.45) is 0. The van der Waals surface area contributed by atoms with Crippen molar-refractivity contribution in [2.24, 2.45) is 0 Å². The summed E-state index contributed by atoms with van der Waals surface area (Å²) in [6.45, 7) is 1.76. The topological polar surface area (TPSA) is 76.2 Å². The van der Waals surface area contributed by atoms with Gasteiger partial charge in [0.15, 0.2) is 0 Å². The minimum absolute atomic E-state index is 0.0121. The molecule has 2 aromatic carbocycles. The fourth-order valence-corrected chi connectivity index (χ4v) is 1.65. The zero-order chi connectivity index (χ0) is 14.7. The van der Waals surface area contributed by atoms with Crippen LogP contribution >= 0.6 is 0 Å². The number of hydrogen-bond donors (Lipinski definition) is 0. The van der Waals surface area contributed by atoms with Gasteiger partial charge in [0.2, 0.25) is 5.75 Å². The second-order valence-electron chi connectivity index (χ2n) is 4.08. The number of nitro groups is 1. The minimum atomic E-state index is -0.579. The zero-order valence-corrected chi connectivity index (χ0v) is 10.5. The van der Waals surface area contributed by atoms with Gasteiger partial charge in [-0.3, -0.25) is 10.1 Å². The minimum Gasteiger partial charge on any atom is -0.449 e. The van der Waals surface area contributed by atoms with Gasteiger partial charge in [-0.25, -0.2) is 4.39 Å². The second-order valence-corrected chi connectivity index (χ2v) is 4.08. The molecule has 0 unspecified atom stereocenters. The zero-order valence-electron chi connectivity index (χ0n) is 10.5. The molecule has 2 rings (SSSR count). The Kier molecular flexibility index (Phi) is 3.62. The Morgan fingerprint density at radius 1 is 1.25 bits per heavy atom. The Labute approximate surface area is 114 Å². The van der Waals surface area contributed by atoms with Crippen LogP contribution in [0.1, 0.15) is 11.1 Å². The first-order valence-corrected chi connectivity index (χ1v) is 5.64. The smallest absolute Gasteiger partial charge is 0.311 e. The van der Waals surface area contributed by atoms with Crippen molar-refractivity contribution in [1.82, 2.24) is 0 Å². The summed E-state index contributed by atoms with van der Waals surface area (Å²) in [4.78, 5) is 10.4. The third kappa shape index (κ3) is 2.72. The molecule has 20 heavy (non-hydrogen) atoms. The van der Waals surface area contributed by atoms with Gasteiger partial charge >= 0.3 is 5.69 Å². The fraction of sp³-hybridized carbons (Fsp3) is 0.0714. The number of nitriles is 1. The van der Waals surface area contributed by atoms with E-state index in [0.717, 1.165) is 17.7 Å². The largest absolute Gasteiger partial charge is 0.449 e. The van der Waals surface area contributed by atoms with Crippen molar-refractivity contribution in [1.29, 1.82) is 5.26 Å². The molecule has 0 saturated carbocycles. The first kappa shape index (κ1) is 13.5. The maximum absolute atomic E-state index is 13.0. The van der Waals surface area contributed by atoms with Crippen molar-refractivity contribution in [3.63, 3.8) is 0 Å². The van der Waals surface area contributed by atoms with Crippen LogP contribution in [-0.4, -0.2) is 4.92 Å². The number of aryl methyl sites for hydroxylation is 1.